The van der Waals surface area contributed by atoms with Gasteiger partial charge in [0, 0.05) is 22.2 Å². The maximum absolute atomic E-state index is 13.1. The molecule has 152 valence electrons. The van der Waals surface area contributed by atoms with Gasteiger partial charge in [-0.1, -0.05) is 34.8 Å². The van der Waals surface area contributed by atoms with Crippen molar-refractivity contribution in [2.75, 3.05) is 24.4 Å². The Bertz CT molecular complexity index is 1070. The van der Waals surface area contributed by atoms with E-state index in [0.29, 0.717) is 27.0 Å². The molecule has 0 atom stereocenters. The van der Waals surface area contributed by atoms with E-state index in [1.165, 1.54) is 20.3 Å². The molecule has 2 amide bonds. The Morgan fingerprint density at radius 2 is 1.38 bits per heavy atom. The van der Waals surface area contributed by atoms with Gasteiger partial charge in [-0.2, -0.15) is 0 Å². The highest BCUT2D eigenvalue weighted by Gasteiger charge is 2.40. The number of carbonyl (C=O) groups is 2. The van der Waals surface area contributed by atoms with Crippen LogP contribution in [0.3, 0.4) is 0 Å². The van der Waals surface area contributed by atoms with E-state index >= 15 is 0 Å². The Morgan fingerprint density at radius 3 is 1.97 bits per heavy atom. The van der Waals surface area contributed by atoms with Crippen LogP contribution in [0.1, 0.15) is 11.1 Å². The number of nitrogens with one attached hydrogen (secondary N) is 1. The van der Waals surface area contributed by atoms with Crippen LogP contribution in [0.5, 0.6) is 11.5 Å². The lowest BCUT2D eigenvalue weighted by Crippen LogP contribution is -2.32. The van der Waals surface area contributed by atoms with E-state index in [2.05, 4.69) is 5.32 Å². The number of halogens is 3. The SMILES string of the molecule is COc1cc(Cl)c(C)cc1NC1=C(Cl)C(=O)N(c2cc(C)c(Cl)cc2OC)C1=O. The zero-order valence-electron chi connectivity index (χ0n) is 16.0. The first-order chi connectivity index (χ1) is 13.7. The van der Waals surface area contributed by atoms with Crippen molar-refractivity contribution in [3.63, 3.8) is 0 Å². The lowest BCUT2D eigenvalue weighted by atomic mass is 10.2. The number of rotatable bonds is 5. The largest absolute Gasteiger partial charge is 0.495 e. The van der Waals surface area contributed by atoms with Gasteiger partial charge < -0.3 is 14.8 Å². The Kier molecular flexibility index (Phi) is 5.98. The summed E-state index contributed by atoms with van der Waals surface area (Å²) < 4.78 is 10.6. The maximum atomic E-state index is 13.1. The van der Waals surface area contributed by atoms with Crippen molar-refractivity contribution in [3.8, 4) is 11.5 Å². The number of amides is 2. The molecule has 0 aliphatic carbocycles. The summed E-state index contributed by atoms with van der Waals surface area (Å²) in [6, 6.07) is 6.44. The predicted octanol–water partition coefficient (Wildman–Crippen LogP) is 5.06. The molecule has 0 fully saturated rings. The van der Waals surface area contributed by atoms with Gasteiger partial charge in [0.05, 0.1) is 25.6 Å². The van der Waals surface area contributed by atoms with E-state index in [9.17, 15) is 9.59 Å². The first-order valence-electron chi connectivity index (χ1n) is 8.43. The summed E-state index contributed by atoms with van der Waals surface area (Å²) in [7, 11) is 2.89. The predicted molar refractivity (Wildman–Crippen MR) is 114 cm³/mol. The van der Waals surface area contributed by atoms with Gasteiger partial charge in [0.1, 0.15) is 22.2 Å². The molecule has 0 radical (unpaired) electrons. The molecular weight excluding hydrogens is 439 g/mol. The average molecular weight is 456 g/mol. The van der Waals surface area contributed by atoms with Crippen LogP contribution in [0, 0.1) is 13.8 Å². The minimum Gasteiger partial charge on any atom is -0.495 e. The molecule has 6 nitrogen and oxygen atoms in total. The van der Waals surface area contributed by atoms with E-state index < -0.39 is 11.8 Å². The molecule has 0 spiro atoms. The van der Waals surface area contributed by atoms with E-state index in [1.54, 1.807) is 32.0 Å². The lowest BCUT2D eigenvalue weighted by Gasteiger charge is -2.19. The van der Waals surface area contributed by atoms with Crippen molar-refractivity contribution < 1.29 is 19.1 Å². The van der Waals surface area contributed by atoms with E-state index in [0.717, 1.165) is 10.5 Å². The Balaban J connectivity index is 2.03. The third-order valence-electron chi connectivity index (χ3n) is 4.47. The Hall–Kier alpha value is -2.41. The summed E-state index contributed by atoms with van der Waals surface area (Å²) >= 11 is 18.5. The first-order valence-corrected chi connectivity index (χ1v) is 9.56. The molecule has 0 saturated carbocycles. The summed E-state index contributed by atoms with van der Waals surface area (Å²) in [5, 5.41) is 3.61. The van der Waals surface area contributed by atoms with Gasteiger partial charge >= 0.3 is 0 Å². The minimum absolute atomic E-state index is 0.0775. The minimum atomic E-state index is -0.677. The fourth-order valence-corrected chi connectivity index (χ4v) is 3.40. The summed E-state index contributed by atoms with van der Waals surface area (Å²) in [5.74, 6) is -0.636. The zero-order valence-corrected chi connectivity index (χ0v) is 18.3. The normalized spacial score (nSPS) is 14.0. The molecule has 1 aliphatic rings. The highest BCUT2D eigenvalue weighted by atomic mass is 35.5. The van der Waals surface area contributed by atoms with Gasteiger partial charge in [0.15, 0.2) is 0 Å². The second-order valence-electron chi connectivity index (χ2n) is 6.33. The molecule has 0 saturated heterocycles. The molecule has 1 heterocycles. The van der Waals surface area contributed by atoms with Crippen molar-refractivity contribution in [1.29, 1.82) is 0 Å². The molecular formula is C20H17Cl3N2O4. The summed E-state index contributed by atoms with van der Waals surface area (Å²) in [6.07, 6.45) is 0. The molecule has 0 unspecified atom stereocenters. The lowest BCUT2D eigenvalue weighted by molar-refractivity contribution is -0.120. The highest BCUT2D eigenvalue weighted by Crippen LogP contribution is 2.40. The van der Waals surface area contributed by atoms with Crippen LogP contribution in [-0.4, -0.2) is 26.0 Å². The van der Waals surface area contributed by atoms with Gasteiger partial charge in [-0.3, -0.25) is 9.59 Å². The molecule has 1 N–H and O–H groups in total. The van der Waals surface area contributed by atoms with Crippen LogP contribution < -0.4 is 19.7 Å². The van der Waals surface area contributed by atoms with Crippen molar-refractivity contribution in [1.82, 2.24) is 0 Å². The fourth-order valence-electron chi connectivity index (χ4n) is 2.88. The van der Waals surface area contributed by atoms with Crippen molar-refractivity contribution in [2.24, 2.45) is 0 Å². The monoisotopic (exact) mass is 454 g/mol. The third kappa shape index (κ3) is 3.75. The molecule has 3 rings (SSSR count). The van der Waals surface area contributed by atoms with Gasteiger partial charge in [0.2, 0.25) is 0 Å². The molecule has 0 bridgehead atoms. The Labute approximate surface area is 182 Å². The smallest absolute Gasteiger partial charge is 0.283 e. The third-order valence-corrected chi connectivity index (χ3v) is 5.63. The number of anilines is 2. The van der Waals surface area contributed by atoms with Crippen LogP contribution in [0.25, 0.3) is 0 Å². The van der Waals surface area contributed by atoms with Gasteiger partial charge in [-0.15, -0.1) is 0 Å². The number of nitrogens with zero attached hydrogens (tertiary/aromatic N) is 1. The Morgan fingerprint density at radius 1 is 0.828 bits per heavy atom. The summed E-state index contributed by atoms with van der Waals surface area (Å²) in [5.41, 5.74) is 2.06. The zero-order chi connectivity index (χ0) is 21.5. The van der Waals surface area contributed by atoms with E-state index in [-0.39, 0.29) is 22.2 Å². The van der Waals surface area contributed by atoms with Crippen molar-refractivity contribution >= 4 is 58.0 Å². The topological polar surface area (TPSA) is 67.9 Å². The van der Waals surface area contributed by atoms with E-state index in [1.807, 2.05) is 0 Å². The maximum Gasteiger partial charge on any atom is 0.283 e. The average Bonchev–Trinajstić information content (AvgIpc) is 2.89. The van der Waals surface area contributed by atoms with Gasteiger partial charge in [-0.05, 0) is 37.1 Å². The highest BCUT2D eigenvalue weighted by molar-refractivity contribution is 6.53. The van der Waals surface area contributed by atoms with Crippen molar-refractivity contribution in [3.05, 3.63) is 56.2 Å². The fraction of sp³-hybridized carbons (Fsp3) is 0.200. The quantitative estimate of drug-likeness (QED) is 0.638. The second-order valence-corrected chi connectivity index (χ2v) is 7.53. The number of imide groups is 1. The van der Waals surface area contributed by atoms with E-state index in [4.69, 9.17) is 44.3 Å². The molecule has 1 aliphatic heterocycles. The number of aryl methyl sites for hydroxylation is 2. The first kappa shape index (κ1) is 21.3. The number of benzene rings is 2. The molecule has 9 heteroatoms. The molecule has 29 heavy (non-hydrogen) atoms. The summed E-state index contributed by atoms with van der Waals surface area (Å²) in [6.45, 7) is 3.56. The molecule has 2 aromatic rings. The molecule has 0 aromatic heterocycles. The number of ether oxygens (including phenoxy) is 2. The van der Waals surface area contributed by atoms with Gasteiger partial charge in [0.25, 0.3) is 11.8 Å². The summed E-state index contributed by atoms with van der Waals surface area (Å²) in [4.78, 5) is 26.8. The standard InChI is InChI=1S/C20H17Cl3N2O4/c1-9-5-13(15(28-3)7-11(9)21)24-18-17(23)19(26)25(20(18)27)14-6-10(2)12(22)8-16(14)29-4/h5-8,24H,1-4H3. The van der Waals surface area contributed by atoms with Crippen LogP contribution in [0.4, 0.5) is 11.4 Å². The number of hydrogen-bond acceptors (Lipinski definition) is 5. The van der Waals surface area contributed by atoms with Crippen LogP contribution >= 0.6 is 34.8 Å². The molecule has 2 aromatic carbocycles. The van der Waals surface area contributed by atoms with Gasteiger partial charge in [-0.25, -0.2) is 4.90 Å². The van der Waals surface area contributed by atoms with Crippen LogP contribution in [0.2, 0.25) is 10.0 Å². The van der Waals surface area contributed by atoms with Crippen LogP contribution in [-0.2, 0) is 9.59 Å². The van der Waals surface area contributed by atoms with Crippen LogP contribution in [0.15, 0.2) is 35.0 Å². The van der Waals surface area contributed by atoms with Crippen molar-refractivity contribution in [2.45, 2.75) is 13.8 Å². The number of hydrogen-bond donors (Lipinski definition) is 1. The number of carbonyl (C=O) groups excluding carboxylic acids is 2. The number of methoxy groups -OCH3 is 2. The second kappa shape index (κ2) is 8.14.